The number of carbonyl (C=O) groups excluding carboxylic acids is 1. The van der Waals surface area contributed by atoms with Crippen LogP contribution < -0.4 is 16.0 Å². The van der Waals surface area contributed by atoms with E-state index in [0.29, 0.717) is 29.2 Å². The molecule has 0 aliphatic carbocycles. The molecule has 2 atom stereocenters. The van der Waals surface area contributed by atoms with E-state index in [-0.39, 0.29) is 11.7 Å². The first-order chi connectivity index (χ1) is 18.1. The predicted octanol–water partition coefficient (Wildman–Crippen LogP) is 2.33. The van der Waals surface area contributed by atoms with Gasteiger partial charge in [0.05, 0.1) is 11.4 Å². The van der Waals surface area contributed by atoms with E-state index < -0.39 is 0 Å². The van der Waals surface area contributed by atoms with Crippen molar-refractivity contribution >= 4 is 17.4 Å². The highest BCUT2D eigenvalue weighted by Crippen LogP contribution is 2.37. The summed E-state index contributed by atoms with van der Waals surface area (Å²) in [6, 6.07) is 18.0. The average molecular weight is 500 g/mol. The Labute approximate surface area is 216 Å². The number of piperazine rings is 2. The van der Waals surface area contributed by atoms with E-state index in [4.69, 9.17) is 5.73 Å². The fourth-order valence-electron chi connectivity index (χ4n) is 5.98. The van der Waals surface area contributed by atoms with Crippen LogP contribution >= 0.6 is 0 Å². The molecule has 0 saturated carbocycles. The number of aromatic nitrogens is 2. The van der Waals surface area contributed by atoms with Gasteiger partial charge in [0.2, 0.25) is 0 Å². The number of nitrogens with zero attached hydrogens (tertiary/aromatic N) is 5. The number of nitrogen functional groups attached to an aromatic ring is 1. The molecule has 1 amide bonds. The number of amides is 1. The van der Waals surface area contributed by atoms with Crippen LogP contribution in [0.15, 0.2) is 54.6 Å². The van der Waals surface area contributed by atoms with Crippen LogP contribution in [0.1, 0.15) is 28.8 Å². The molecule has 3 fully saturated rings. The Bertz CT molecular complexity index is 1280. The molecule has 3 aliphatic heterocycles. The van der Waals surface area contributed by atoms with Crippen LogP contribution in [0.25, 0.3) is 11.3 Å². The summed E-state index contributed by atoms with van der Waals surface area (Å²) < 4.78 is 0. The second-order valence-electron chi connectivity index (χ2n) is 10.2. The summed E-state index contributed by atoms with van der Waals surface area (Å²) in [4.78, 5) is 19.8. The molecule has 0 radical (unpaired) electrons. The van der Waals surface area contributed by atoms with Crippen molar-refractivity contribution < 1.29 is 9.90 Å². The number of carbonyl (C=O) groups is 1. The highest BCUT2D eigenvalue weighted by Gasteiger charge is 2.40. The van der Waals surface area contributed by atoms with Gasteiger partial charge in [0.25, 0.3) is 5.91 Å². The maximum absolute atomic E-state index is 13.0. The molecule has 9 heteroatoms. The lowest BCUT2D eigenvalue weighted by Crippen LogP contribution is -2.53. The molecule has 9 nitrogen and oxygen atoms in total. The number of hydrogen-bond acceptors (Lipinski definition) is 8. The maximum atomic E-state index is 13.0. The summed E-state index contributed by atoms with van der Waals surface area (Å²) in [6.07, 6.45) is 2.26. The van der Waals surface area contributed by atoms with Gasteiger partial charge in [0, 0.05) is 69.0 Å². The minimum atomic E-state index is 0.122. The third-order valence-corrected chi connectivity index (χ3v) is 7.90. The van der Waals surface area contributed by atoms with E-state index in [1.807, 2.05) is 35.2 Å². The Morgan fingerprint density at radius 1 is 1.00 bits per heavy atom. The van der Waals surface area contributed by atoms with Crippen molar-refractivity contribution in [3.05, 3.63) is 65.7 Å². The normalized spacial score (nSPS) is 21.8. The summed E-state index contributed by atoms with van der Waals surface area (Å²) >= 11 is 0. The summed E-state index contributed by atoms with van der Waals surface area (Å²) in [5, 5.41) is 22.0. The van der Waals surface area contributed by atoms with Crippen molar-refractivity contribution in [3.63, 3.8) is 0 Å². The van der Waals surface area contributed by atoms with Gasteiger partial charge in [-0.05, 0) is 48.7 Å². The first-order valence-corrected chi connectivity index (χ1v) is 13.1. The van der Waals surface area contributed by atoms with Crippen molar-refractivity contribution in [3.8, 4) is 17.0 Å². The van der Waals surface area contributed by atoms with Crippen LogP contribution in [-0.4, -0.2) is 82.4 Å². The molecule has 2 bridgehead atoms. The van der Waals surface area contributed by atoms with Crippen LogP contribution in [0.2, 0.25) is 0 Å². The zero-order valence-corrected chi connectivity index (χ0v) is 20.9. The number of anilines is 2. The number of benzene rings is 2. The van der Waals surface area contributed by atoms with E-state index >= 15 is 0 Å². The van der Waals surface area contributed by atoms with Crippen molar-refractivity contribution in [1.29, 1.82) is 0 Å². The Kier molecular flexibility index (Phi) is 6.40. The van der Waals surface area contributed by atoms with E-state index in [1.54, 1.807) is 12.1 Å². The van der Waals surface area contributed by atoms with E-state index in [1.165, 1.54) is 5.56 Å². The fourth-order valence-corrected chi connectivity index (χ4v) is 5.98. The van der Waals surface area contributed by atoms with Crippen molar-refractivity contribution in [2.24, 2.45) is 0 Å². The number of fused-ring (bicyclic) bond motifs is 2. The van der Waals surface area contributed by atoms with Gasteiger partial charge in [-0.1, -0.05) is 24.3 Å². The monoisotopic (exact) mass is 499 g/mol. The SMILES string of the molecule is Nc1nnc(-c2ccccc2O)cc1N1CC2CCC(C1)N2Cc1cccc(C(=O)N2CCNCC2)c1. The molecule has 3 saturated heterocycles. The molecule has 4 N–H and O–H groups in total. The first-order valence-electron chi connectivity index (χ1n) is 13.1. The van der Waals surface area contributed by atoms with Gasteiger partial charge in [-0.3, -0.25) is 9.69 Å². The summed E-state index contributed by atoms with van der Waals surface area (Å²) in [7, 11) is 0. The Hall–Kier alpha value is -3.69. The molecular formula is C28H33N7O2. The molecule has 6 rings (SSSR count). The number of nitrogens with one attached hydrogen (secondary N) is 1. The number of hydrogen-bond donors (Lipinski definition) is 3. The number of phenolic OH excluding ortho intramolecular Hbond substituents is 1. The Balaban J connectivity index is 1.17. The summed E-state index contributed by atoms with van der Waals surface area (Å²) in [6.45, 7) is 5.76. The van der Waals surface area contributed by atoms with Crippen LogP contribution in [0, 0.1) is 0 Å². The molecule has 192 valence electrons. The maximum Gasteiger partial charge on any atom is 0.253 e. The number of aromatic hydroxyl groups is 1. The lowest BCUT2D eigenvalue weighted by Gasteiger charge is -2.42. The lowest BCUT2D eigenvalue weighted by atomic mass is 10.1. The summed E-state index contributed by atoms with van der Waals surface area (Å²) in [5.41, 5.74) is 10.4. The lowest BCUT2D eigenvalue weighted by molar-refractivity contribution is 0.0735. The molecular weight excluding hydrogens is 466 g/mol. The minimum absolute atomic E-state index is 0.122. The second kappa shape index (κ2) is 9.99. The largest absolute Gasteiger partial charge is 0.507 e. The van der Waals surface area contributed by atoms with Gasteiger partial charge >= 0.3 is 0 Å². The van der Waals surface area contributed by atoms with Crippen molar-refractivity contribution in [2.75, 3.05) is 49.9 Å². The van der Waals surface area contributed by atoms with E-state index in [9.17, 15) is 9.90 Å². The summed E-state index contributed by atoms with van der Waals surface area (Å²) in [5.74, 6) is 0.707. The third kappa shape index (κ3) is 4.72. The first kappa shape index (κ1) is 23.7. The topological polar surface area (TPSA) is 111 Å². The molecule has 4 heterocycles. The Morgan fingerprint density at radius 3 is 2.51 bits per heavy atom. The predicted molar refractivity (Wildman–Crippen MR) is 143 cm³/mol. The van der Waals surface area contributed by atoms with Gasteiger partial charge in [-0.15, -0.1) is 10.2 Å². The van der Waals surface area contributed by atoms with Gasteiger partial charge < -0.3 is 26.0 Å². The van der Waals surface area contributed by atoms with Crippen LogP contribution in [0.3, 0.4) is 0 Å². The Morgan fingerprint density at radius 2 is 1.76 bits per heavy atom. The second-order valence-corrected chi connectivity index (χ2v) is 10.2. The van der Waals surface area contributed by atoms with Gasteiger partial charge in [0.1, 0.15) is 5.75 Å². The number of nitrogens with two attached hydrogens (primary N) is 1. The van der Waals surface area contributed by atoms with Crippen molar-refractivity contribution in [1.82, 2.24) is 25.3 Å². The average Bonchev–Trinajstić information content (AvgIpc) is 3.15. The third-order valence-electron chi connectivity index (χ3n) is 7.90. The molecule has 1 aromatic heterocycles. The molecule has 3 aromatic rings. The van der Waals surface area contributed by atoms with Gasteiger partial charge in [-0.2, -0.15) is 0 Å². The van der Waals surface area contributed by atoms with Gasteiger partial charge in [-0.25, -0.2) is 0 Å². The highest BCUT2D eigenvalue weighted by atomic mass is 16.3. The standard InChI is InChI=1S/C28H33N7O2/c29-27-25(15-24(31-32-27)23-6-1-2-7-26(23)36)34-17-21-8-9-22(18-34)35(21)16-19-4-3-5-20(14-19)28(37)33-12-10-30-11-13-33/h1-7,14-15,21-22,30,36H,8-13,16-18H2,(H2,29,32). The van der Waals surface area contributed by atoms with Crippen LogP contribution in [-0.2, 0) is 6.54 Å². The van der Waals surface area contributed by atoms with E-state index in [2.05, 4.69) is 37.4 Å². The number of phenols is 1. The van der Waals surface area contributed by atoms with Crippen LogP contribution in [0.4, 0.5) is 11.5 Å². The molecule has 0 spiro atoms. The van der Waals surface area contributed by atoms with E-state index in [0.717, 1.165) is 69.9 Å². The number of rotatable bonds is 5. The fraction of sp³-hybridized carbons (Fsp3) is 0.393. The van der Waals surface area contributed by atoms with Crippen molar-refractivity contribution in [2.45, 2.75) is 31.5 Å². The number of para-hydroxylation sites is 1. The molecule has 37 heavy (non-hydrogen) atoms. The van der Waals surface area contributed by atoms with Gasteiger partial charge in [0.15, 0.2) is 5.82 Å². The highest BCUT2D eigenvalue weighted by molar-refractivity contribution is 5.94. The molecule has 2 aromatic carbocycles. The smallest absolute Gasteiger partial charge is 0.253 e. The zero-order valence-electron chi connectivity index (χ0n) is 20.9. The zero-order chi connectivity index (χ0) is 25.4. The molecule has 2 unspecified atom stereocenters. The van der Waals surface area contributed by atoms with Crippen LogP contribution in [0.5, 0.6) is 5.75 Å². The molecule has 3 aliphatic rings. The quantitative estimate of drug-likeness (QED) is 0.491. The minimum Gasteiger partial charge on any atom is -0.507 e.